The Hall–Kier alpha value is -1.78. The molecule has 0 radical (unpaired) electrons. The van der Waals surface area contributed by atoms with Gasteiger partial charge in [0.1, 0.15) is 5.75 Å². The van der Waals surface area contributed by atoms with E-state index in [0.29, 0.717) is 16.5 Å². The van der Waals surface area contributed by atoms with Crippen molar-refractivity contribution >= 4 is 44.1 Å². The Morgan fingerprint density at radius 1 is 1.19 bits per heavy atom. The van der Waals surface area contributed by atoms with Crippen LogP contribution in [0.1, 0.15) is 5.56 Å². The molecule has 5 heteroatoms. The number of aromatic nitrogens is 1. The van der Waals surface area contributed by atoms with Gasteiger partial charge in [-0.15, -0.1) is 0 Å². The highest BCUT2D eigenvalue weighted by molar-refractivity contribution is 9.10. The van der Waals surface area contributed by atoms with Crippen LogP contribution in [0.5, 0.6) is 11.5 Å². The van der Waals surface area contributed by atoms with E-state index in [1.165, 1.54) is 0 Å². The Balaban J connectivity index is 2.15. The average Bonchev–Trinajstić information content (AvgIpc) is 2.44. The number of nitrogens with two attached hydrogens (primary N) is 1. The van der Waals surface area contributed by atoms with E-state index in [1.807, 2.05) is 37.3 Å². The molecular formula is C16H12BrClN2O. The van der Waals surface area contributed by atoms with Gasteiger partial charge in [-0.25, -0.2) is 0 Å². The predicted molar refractivity (Wildman–Crippen MR) is 90.1 cm³/mol. The molecule has 106 valence electrons. The van der Waals surface area contributed by atoms with Crippen LogP contribution in [0.4, 0.5) is 5.69 Å². The molecule has 3 nitrogen and oxygen atoms in total. The minimum Gasteiger partial charge on any atom is -0.454 e. The first-order chi connectivity index (χ1) is 10.0. The van der Waals surface area contributed by atoms with Gasteiger partial charge < -0.3 is 10.5 Å². The Morgan fingerprint density at radius 2 is 2.00 bits per heavy atom. The van der Waals surface area contributed by atoms with Crippen molar-refractivity contribution in [1.82, 2.24) is 4.98 Å². The number of nitrogen functional groups attached to an aromatic ring is 1. The molecule has 0 atom stereocenters. The number of ether oxygens (including phenoxy) is 1. The third-order valence-electron chi connectivity index (χ3n) is 3.16. The lowest BCUT2D eigenvalue weighted by atomic mass is 10.2. The van der Waals surface area contributed by atoms with Crippen molar-refractivity contribution in [3.63, 3.8) is 0 Å². The predicted octanol–water partition coefficient (Wildman–Crippen LogP) is 5.33. The maximum atomic E-state index is 6.04. The van der Waals surface area contributed by atoms with Crippen LogP contribution in [0.25, 0.3) is 10.9 Å². The maximum absolute atomic E-state index is 6.04. The number of nitrogens with zero attached hydrogens (tertiary/aromatic N) is 1. The zero-order valence-corrected chi connectivity index (χ0v) is 13.6. The summed E-state index contributed by atoms with van der Waals surface area (Å²) < 4.78 is 6.96. The second-order valence-electron chi connectivity index (χ2n) is 4.72. The highest BCUT2D eigenvalue weighted by atomic mass is 79.9. The van der Waals surface area contributed by atoms with Gasteiger partial charge in [0.2, 0.25) is 0 Å². The van der Waals surface area contributed by atoms with Crippen molar-refractivity contribution in [1.29, 1.82) is 0 Å². The third kappa shape index (κ3) is 2.82. The number of halogens is 2. The smallest absolute Gasteiger partial charge is 0.161 e. The standard InChI is InChI=1S/C16H12BrClN2O/c1-9-6-11(18)3-5-15(9)21-16-12-7-10(17)2-4-14(12)20-8-13(16)19/h2-8H,19H2,1H3. The molecule has 2 aromatic carbocycles. The number of pyridine rings is 1. The highest BCUT2D eigenvalue weighted by Crippen LogP contribution is 2.37. The molecule has 0 fully saturated rings. The molecule has 2 N–H and O–H groups in total. The van der Waals surface area contributed by atoms with Gasteiger partial charge in [0.25, 0.3) is 0 Å². The van der Waals surface area contributed by atoms with Crippen LogP contribution in [0, 0.1) is 6.92 Å². The summed E-state index contributed by atoms with van der Waals surface area (Å²) >= 11 is 9.43. The molecule has 0 saturated heterocycles. The van der Waals surface area contributed by atoms with Crippen LogP contribution in [-0.4, -0.2) is 4.98 Å². The minimum absolute atomic E-state index is 0.495. The van der Waals surface area contributed by atoms with Crippen LogP contribution in [0.15, 0.2) is 47.1 Å². The molecule has 0 aliphatic carbocycles. The van der Waals surface area contributed by atoms with Gasteiger partial charge in [0.15, 0.2) is 5.75 Å². The van der Waals surface area contributed by atoms with Crippen LogP contribution in [0.2, 0.25) is 5.02 Å². The molecule has 0 unspecified atom stereocenters. The second-order valence-corrected chi connectivity index (χ2v) is 6.07. The SMILES string of the molecule is Cc1cc(Cl)ccc1Oc1c(N)cnc2ccc(Br)cc12. The van der Waals surface area contributed by atoms with Gasteiger partial charge >= 0.3 is 0 Å². The van der Waals surface area contributed by atoms with Crippen molar-refractivity contribution in [3.8, 4) is 11.5 Å². The summed E-state index contributed by atoms with van der Waals surface area (Å²) in [6.07, 6.45) is 1.61. The van der Waals surface area contributed by atoms with E-state index >= 15 is 0 Å². The van der Waals surface area contributed by atoms with E-state index in [1.54, 1.807) is 12.3 Å². The topological polar surface area (TPSA) is 48.1 Å². The molecule has 0 aliphatic rings. The Kier molecular flexibility index (Phi) is 3.74. The normalized spacial score (nSPS) is 10.8. The first kappa shape index (κ1) is 14.2. The zero-order chi connectivity index (χ0) is 15.0. The summed E-state index contributed by atoms with van der Waals surface area (Å²) in [5.41, 5.74) is 8.30. The second kappa shape index (κ2) is 5.54. The van der Waals surface area contributed by atoms with Crippen LogP contribution in [0.3, 0.4) is 0 Å². The van der Waals surface area contributed by atoms with Crippen LogP contribution >= 0.6 is 27.5 Å². The molecule has 0 bridgehead atoms. The number of aryl methyl sites for hydroxylation is 1. The number of benzene rings is 2. The van der Waals surface area contributed by atoms with E-state index in [-0.39, 0.29) is 0 Å². The van der Waals surface area contributed by atoms with Crippen molar-refractivity contribution in [2.75, 3.05) is 5.73 Å². The first-order valence-corrected chi connectivity index (χ1v) is 7.49. The van der Waals surface area contributed by atoms with E-state index < -0.39 is 0 Å². The molecule has 21 heavy (non-hydrogen) atoms. The van der Waals surface area contributed by atoms with Gasteiger partial charge in [-0.2, -0.15) is 0 Å². The molecule has 0 saturated carbocycles. The monoisotopic (exact) mass is 362 g/mol. The molecule has 1 aromatic heterocycles. The number of hydrogen-bond acceptors (Lipinski definition) is 3. The summed E-state index contributed by atoms with van der Waals surface area (Å²) in [7, 11) is 0. The Labute approximate surface area is 135 Å². The number of rotatable bonds is 2. The Bertz CT molecular complexity index is 831. The summed E-state index contributed by atoms with van der Waals surface area (Å²) in [5, 5.41) is 1.54. The Morgan fingerprint density at radius 3 is 2.76 bits per heavy atom. The van der Waals surface area contributed by atoms with Crippen molar-refractivity contribution < 1.29 is 4.74 Å². The number of anilines is 1. The fourth-order valence-electron chi connectivity index (χ4n) is 2.11. The van der Waals surface area contributed by atoms with Gasteiger partial charge in [-0.1, -0.05) is 27.5 Å². The lowest BCUT2D eigenvalue weighted by Crippen LogP contribution is -1.96. The molecule has 0 spiro atoms. The zero-order valence-electron chi connectivity index (χ0n) is 11.2. The lowest BCUT2D eigenvalue weighted by molar-refractivity contribution is 0.486. The summed E-state index contributed by atoms with van der Waals surface area (Å²) in [6, 6.07) is 11.3. The maximum Gasteiger partial charge on any atom is 0.161 e. The van der Waals surface area contributed by atoms with E-state index in [9.17, 15) is 0 Å². The highest BCUT2D eigenvalue weighted by Gasteiger charge is 2.11. The number of fused-ring (bicyclic) bond motifs is 1. The summed E-state index contributed by atoms with van der Waals surface area (Å²) in [4.78, 5) is 4.31. The van der Waals surface area contributed by atoms with Crippen LogP contribution in [-0.2, 0) is 0 Å². The minimum atomic E-state index is 0.495. The fraction of sp³-hybridized carbons (Fsp3) is 0.0625. The first-order valence-electron chi connectivity index (χ1n) is 6.32. The van der Waals surface area contributed by atoms with E-state index in [0.717, 1.165) is 26.7 Å². The van der Waals surface area contributed by atoms with E-state index in [4.69, 9.17) is 22.1 Å². The molecule has 3 aromatic rings. The van der Waals surface area contributed by atoms with Crippen molar-refractivity contribution in [3.05, 3.63) is 57.7 Å². The third-order valence-corrected chi connectivity index (χ3v) is 3.89. The van der Waals surface area contributed by atoms with Crippen molar-refractivity contribution in [2.45, 2.75) is 6.92 Å². The van der Waals surface area contributed by atoms with Crippen LogP contribution < -0.4 is 10.5 Å². The summed E-state index contributed by atoms with van der Waals surface area (Å²) in [5.74, 6) is 1.32. The van der Waals surface area contributed by atoms with E-state index in [2.05, 4.69) is 20.9 Å². The number of hydrogen-bond donors (Lipinski definition) is 1. The molecule has 0 aliphatic heterocycles. The summed E-state index contributed by atoms with van der Waals surface area (Å²) in [6.45, 7) is 1.94. The van der Waals surface area contributed by atoms with Gasteiger partial charge in [0, 0.05) is 14.9 Å². The molecule has 1 heterocycles. The largest absolute Gasteiger partial charge is 0.454 e. The molecular weight excluding hydrogens is 352 g/mol. The quantitative estimate of drug-likeness (QED) is 0.669. The van der Waals surface area contributed by atoms with Crippen molar-refractivity contribution in [2.24, 2.45) is 0 Å². The lowest BCUT2D eigenvalue weighted by Gasteiger charge is -2.13. The van der Waals surface area contributed by atoms with Gasteiger partial charge in [0.05, 0.1) is 17.4 Å². The van der Waals surface area contributed by atoms with Gasteiger partial charge in [-0.05, 0) is 48.9 Å². The molecule has 0 amide bonds. The van der Waals surface area contributed by atoms with Gasteiger partial charge in [-0.3, -0.25) is 4.98 Å². The molecule has 3 rings (SSSR count). The average molecular weight is 364 g/mol. The fourth-order valence-corrected chi connectivity index (χ4v) is 2.69.